The van der Waals surface area contributed by atoms with Crippen molar-refractivity contribution in [2.45, 2.75) is 13.8 Å². The molecule has 1 saturated heterocycles. The van der Waals surface area contributed by atoms with Crippen molar-refractivity contribution in [3.8, 4) is 6.07 Å². The Balaban J connectivity index is 1.52. The average Bonchev–Trinajstić information content (AvgIpc) is 3.24. The van der Waals surface area contributed by atoms with Crippen molar-refractivity contribution in [3.05, 3.63) is 51.8 Å². The van der Waals surface area contributed by atoms with Crippen LogP contribution in [0.3, 0.4) is 0 Å². The molecule has 0 unspecified atom stereocenters. The highest BCUT2D eigenvalue weighted by atomic mass is 16.2. The molecule has 0 bridgehead atoms. The summed E-state index contributed by atoms with van der Waals surface area (Å²) in [5.74, 6) is -0.456. The van der Waals surface area contributed by atoms with Crippen molar-refractivity contribution in [2.75, 3.05) is 38.0 Å². The molecule has 2 aliphatic heterocycles. The van der Waals surface area contributed by atoms with E-state index in [1.165, 1.54) is 0 Å². The minimum Gasteiger partial charge on any atom is -0.358 e. The van der Waals surface area contributed by atoms with Crippen LogP contribution in [0.15, 0.2) is 18.2 Å². The number of nitriles is 1. The first-order chi connectivity index (χ1) is 15.4. The van der Waals surface area contributed by atoms with Gasteiger partial charge < -0.3 is 25.8 Å². The summed E-state index contributed by atoms with van der Waals surface area (Å²) in [7, 11) is 0. The van der Waals surface area contributed by atoms with Crippen LogP contribution in [0.25, 0.3) is 11.6 Å². The van der Waals surface area contributed by atoms with E-state index in [9.17, 15) is 19.6 Å². The molecule has 2 aromatic rings. The third-order valence-corrected chi connectivity index (χ3v) is 5.78. The van der Waals surface area contributed by atoms with E-state index in [1.807, 2.05) is 6.92 Å². The maximum atomic E-state index is 12.8. The van der Waals surface area contributed by atoms with Gasteiger partial charge in [0.05, 0.1) is 29.3 Å². The summed E-state index contributed by atoms with van der Waals surface area (Å²) >= 11 is 0. The normalized spacial score (nSPS) is 16.7. The first kappa shape index (κ1) is 21.3. The van der Waals surface area contributed by atoms with Crippen LogP contribution in [-0.4, -0.2) is 60.3 Å². The zero-order chi connectivity index (χ0) is 22.8. The van der Waals surface area contributed by atoms with Gasteiger partial charge in [0, 0.05) is 48.8 Å². The lowest BCUT2D eigenvalue weighted by Crippen LogP contribution is -2.50. The molecular formula is C23H24N6O3. The molecule has 4 rings (SSSR count). The Morgan fingerprint density at radius 2 is 2.12 bits per heavy atom. The van der Waals surface area contributed by atoms with Crippen LogP contribution in [0, 0.1) is 25.2 Å². The van der Waals surface area contributed by atoms with E-state index in [0.717, 1.165) is 12.1 Å². The molecule has 9 heteroatoms. The third-order valence-electron chi connectivity index (χ3n) is 5.78. The van der Waals surface area contributed by atoms with Gasteiger partial charge in [-0.25, -0.2) is 0 Å². The second-order valence-electron chi connectivity index (χ2n) is 7.86. The SMILES string of the molecule is Cc1[nH]c(/C=C2\C(=O)Nc3ccc(C#N)cc32)c(C)c1C(=O)NCCN1CCNCC1=O. The molecule has 4 N–H and O–H groups in total. The number of nitrogens with zero attached hydrogens (tertiary/aromatic N) is 2. The summed E-state index contributed by atoms with van der Waals surface area (Å²) in [6, 6.07) is 7.13. The maximum Gasteiger partial charge on any atom is 0.256 e. The molecule has 1 aromatic carbocycles. The van der Waals surface area contributed by atoms with Gasteiger partial charge in [0.1, 0.15) is 0 Å². The lowest BCUT2D eigenvalue weighted by atomic mass is 10.0. The molecule has 9 nitrogen and oxygen atoms in total. The lowest BCUT2D eigenvalue weighted by molar-refractivity contribution is -0.131. The van der Waals surface area contributed by atoms with E-state index in [2.05, 4.69) is 27.0 Å². The van der Waals surface area contributed by atoms with Crippen LogP contribution in [0.5, 0.6) is 0 Å². The number of carbonyl (C=O) groups is 3. The van der Waals surface area contributed by atoms with Crippen molar-refractivity contribution in [2.24, 2.45) is 0 Å². The van der Waals surface area contributed by atoms with Gasteiger partial charge in [-0.05, 0) is 43.7 Å². The fourth-order valence-electron chi connectivity index (χ4n) is 4.08. The zero-order valence-corrected chi connectivity index (χ0v) is 18.0. The van der Waals surface area contributed by atoms with E-state index < -0.39 is 0 Å². The van der Waals surface area contributed by atoms with E-state index in [-0.39, 0.29) is 17.7 Å². The number of amides is 3. The largest absolute Gasteiger partial charge is 0.358 e. The lowest BCUT2D eigenvalue weighted by Gasteiger charge is -2.27. The second kappa shape index (κ2) is 8.69. The highest BCUT2D eigenvalue weighted by Crippen LogP contribution is 2.34. The van der Waals surface area contributed by atoms with Gasteiger partial charge in [-0.2, -0.15) is 5.26 Å². The topological polar surface area (TPSA) is 130 Å². The smallest absolute Gasteiger partial charge is 0.256 e. The average molecular weight is 432 g/mol. The minimum atomic E-state index is -0.256. The molecule has 2 aliphatic rings. The highest BCUT2D eigenvalue weighted by molar-refractivity contribution is 6.35. The summed E-state index contributed by atoms with van der Waals surface area (Å²) < 4.78 is 0. The van der Waals surface area contributed by atoms with Crippen molar-refractivity contribution >= 4 is 35.1 Å². The van der Waals surface area contributed by atoms with Crippen molar-refractivity contribution in [1.82, 2.24) is 20.5 Å². The fraction of sp³-hybridized carbons (Fsp3) is 0.304. The van der Waals surface area contributed by atoms with Crippen LogP contribution in [0.2, 0.25) is 0 Å². The predicted molar refractivity (Wildman–Crippen MR) is 120 cm³/mol. The molecule has 0 radical (unpaired) electrons. The molecule has 1 fully saturated rings. The van der Waals surface area contributed by atoms with Gasteiger partial charge in [-0.15, -0.1) is 0 Å². The van der Waals surface area contributed by atoms with Gasteiger partial charge in [-0.3, -0.25) is 14.4 Å². The van der Waals surface area contributed by atoms with Gasteiger partial charge >= 0.3 is 0 Å². The number of anilines is 1. The number of piperazine rings is 1. The number of aromatic nitrogens is 1. The van der Waals surface area contributed by atoms with Crippen LogP contribution >= 0.6 is 0 Å². The molecule has 0 aliphatic carbocycles. The van der Waals surface area contributed by atoms with Crippen LogP contribution < -0.4 is 16.0 Å². The number of H-pyrrole nitrogens is 1. The molecule has 1 aromatic heterocycles. The number of nitrogens with one attached hydrogen (secondary N) is 4. The third kappa shape index (κ3) is 4.00. The Labute approximate surface area is 185 Å². The molecule has 0 saturated carbocycles. The number of hydrogen-bond donors (Lipinski definition) is 4. The van der Waals surface area contributed by atoms with Crippen molar-refractivity contribution in [1.29, 1.82) is 5.26 Å². The Morgan fingerprint density at radius 1 is 1.31 bits per heavy atom. The molecule has 3 heterocycles. The number of benzene rings is 1. The number of fused-ring (bicyclic) bond motifs is 1. The molecule has 0 spiro atoms. The van der Waals surface area contributed by atoms with E-state index in [0.29, 0.717) is 65.5 Å². The van der Waals surface area contributed by atoms with Crippen LogP contribution in [0.1, 0.15) is 38.4 Å². The van der Waals surface area contributed by atoms with E-state index in [1.54, 1.807) is 36.1 Å². The van der Waals surface area contributed by atoms with Crippen molar-refractivity contribution in [3.63, 3.8) is 0 Å². The van der Waals surface area contributed by atoms with Gasteiger partial charge in [0.15, 0.2) is 0 Å². The number of hydrogen-bond acceptors (Lipinski definition) is 5. The fourth-order valence-corrected chi connectivity index (χ4v) is 4.08. The number of aromatic amines is 1. The minimum absolute atomic E-state index is 0.0306. The van der Waals surface area contributed by atoms with Crippen LogP contribution in [-0.2, 0) is 9.59 Å². The molecule has 3 amide bonds. The number of rotatable bonds is 5. The predicted octanol–water partition coefficient (Wildman–Crippen LogP) is 1.16. The maximum absolute atomic E-state index is 12.8. The number of aryl methyl sites for hydroxylation is 1. The Morgan fingerprint density at radius 3 is 2.88 bits per heavy atom. The summed E-state index contributed by atoms with van der Waals surface area (Å²) in [5, 5.41) is 17.9. The Bertz CT molecular complexity index is 1190. The Kier molecular flexibility index (Phi) is 5.79. The van der Waals surface area contributed by atoms with Gasteiger partial charge in [0.2, 0.25) is 5.91 Å². The summed E-state index contributed by atoms with van der Waals surface area (Å²) in [5.41, 5.74) is 4.81. The first-order valence-electron chi connectivity index (χ1n) is 10.4. The van der Waals surface area contributed by atoms with Crippen LogP contribution in [0.4, 0.5) is 5.69 Å². The summed E-state index contributed by atoms with van der Waals surface area (Å²) in [4.78, 5) is 42.1. The van der Waals surface area contributed by atoms with Gasteiger partial charge in [-0.1, -0.05) is 0 Å². The summed E-state index contributed by atoms with van der Waals surface area (Å²) in [6.07, 6.45) is 1.71. The molecule has 32 heavy (non-hydrogen) atoms. The van der Waals surface area contributed by atoms with E-state index in [4.69, 9.17) is 0 Å². The zero-order valence-electron chi connectivity index (χ0n) is 18.0. The second-order valence-corrected chi connectivity index (χ2v) is 7.86. The quantitative estimate of drug-likeness (QED) is 0.527. The summed E-state index contributed by atoms with van der Waals surface area (Å²) in [6.45, 7) is 6.16. The number of carbonyl (C=O) groups excluding carboxylic acids is 3. The van der Waals surface area contributed by atoms with Gasteiger partial charge in [0.25, 0.3) is 11.8 Å². The van der Waals surface area contributed by atoms with Crippen molar-refractivity contribution < 1.29 is 14.4 Å². The first-order valence-corrected chi connectivity index (χ1v) is 10.4. The molecule has 164 valence electrons. The van der Waals surface area contributed by atoms with E-state index >= 15 is 0 Å². The standard InChI is InChI=1S/C23H24N6O3/c1-13-19(10-17-16-9-15(11-24)3-4-18(16)28-22(17)31)27-14(2)21(13)23(32)26-6-8-29-7-5-25-12-20(29)30/h3-4,9-10,25,27H,5-8,12H2,1-2H3,(H,26,32)(H,28,31)/b17-10-. The highest BCUT2D eigenvalue weighted by Gasteiger charge is 2.26. The monoisotopic (exact) mass is 432 g/mol. The molecule has 0 atom stereocenters. The Hall–Kier alpha value is -3.90. The molecular weight excluding hydrogens is 408 g/mol.